The van der Waals surface area contributed by atoms with Gasteiger partial charge in [0.15, 0.2) is 0 Å². The lowest BCUT2D eigenvalue weighted by atomic mass is 10.4. The number of carbonyl (C=O) groups is 4. The summed E-state index contributed by atoms with van der Waals surface area (Å²) in [6, 6.07) is 0. The molecule has 0 amide bonds. The molecular weight excluding hydrogens is 580 g/mol. The molecule has 1 rings (SSSR count). The minimum atomic E-state index is -0.327. The molecule has 0 atom stereocenters. The van der Waals surface area contributed by atoms with Gasteiger partial charge >= 0.3 is 23.9 Å². The van der Waals surface area contributed by atoms with Gasteiger partial charge in [0.1, 0.15) is 26.4 Å². The lowest BCUT2D eigenvalue weighted by Gasteiger charge is -2.07. The van der Waals surface area contributed by atoms with Crippen LogP contribution in [-0.4, -0.2) is 116 Å². The largest absolute Gasteiger partial charge is 0.462 e. The van der Waals surface area contributed by atoms with Crippen LogP contribution in [0.2, 0.25) is 0 Å². The van der Waals surface area contributed by atoms with Crippen LogP contribution in [0.25, 0.3) is 0 Å². The van der Waals surface area contributed by atoms with Gasteiger partial charge in [0.05, 0.1) is 66.1 Å². The van der Waals surface area contributed by atoms with Crippen molar-refractivity contribution >= 4 is 23.9 Å². The Morgan fingerprint density at radius 3 is 1.18 bits per heavy atom. The summed E-state index contributed by atoms with van der Waals surface area (Å²) in [5.41, 5.74) is 0. The monoisotopic (exact) mass is 630 g/mol. The minimum Gasteiger partial charge on any atom is -0.462 e. The van der Waals surface area contributed by atoms with E-state index in [9.17, 15) is 19.2 Å². The summed E-state index contributed by atoms with van der Waals surface area (Å²) >= 11 is 0. The molecular formula is C31H50O13. The average molecular weight is 631 g/mol. The summed E-state index contributed by atoms with van der Waals surface area (Å²) in [5, 5.41) is 0. The number of hydrogen-bond donors (Lipinski definition) is 0. The van der Waals surface area contributed by atoms with Gasteiger partial charge in [0, 0.05) is 27.7 Å². The van der Waals surface area contributed by atoms with Crippen LogP contribution in [0.1, 0.15) is 34.1 Å². The molecule has 0 saturated heterocycles. The molecule has 0 unspecified atom stereocenters. The normalized spacial score (nSPS) is 14.5. The highest BCUT2D eigenvalue weighted by Crippen LogP contribution is 1.89. The molecule has 0 N–H and O–H groups in total. The predicted octanol–water partition coefficient (Wildman–Crippen LogP) is 2.92. The Labute approximate surface area is 261 Å². The number of hydrogen-bond acceptors (Lipinski definition) is 13. The van der Waals surface area contributed by atoms with Crippen molar-refractivity contribution in [3.05, 3.63) is 48.6 Å². The maximum absolute atomic E-state index is 10.4. The third-order valence-electron chi connectivity index (χ3n) is 4.39. The molecule has 252 valence electrons. The Bertz CT molecular complexity index is 768. The zero-order valence-corrected chi connectivity index (χ0v) is 26.5. The van der Waals surface area contributed by atoms with Crippen LogP contribution >= 0.6 is 0 Å². The van der Waals surface area contributed by atoms with Crippen LogP contribution in [0.3, 0.4) is 0 Å². The molecule has 44 heavy (non-hydrogen) atoms. The summed E-state index contributed by atoms with van der Waals surface area (Å²) < 4.78 is 44.9. The average Bonchev–Trinajstić information content (AvgIpc) is 2.97. The van der Waals surface area contributed by atoms with Crippen LogP contribution in [-0.2, 0) is 61.8 Å². The van der Waals surface area contributed by atoms with E-state index in [4.69, 9.17) is 33.2 Å². The van der Waals surface area contributed by atoms with Crippen LogP contribution in [0, 0.1) is 0 Å². The van der Waals surface area contributed by atoms with Crippen molar-refractivity contribution in [2.24, 2.45) is 0 Å². The predicted molar refractivity (Wildman–Crippen MR) is 162 cm³/mol. The van der Waals surface area contributed by atoms with Crippen molar-refractivity contribution in [3.63, 3.8) is 0 Å². The summed E-state index contributed by atoms with van der Waals surface area (Å²) in [6.45, 7) is 12.5. The van der Waals surface area contributed by atoms with Gasteiger partial charge < -0.3 is 42.6 Å². The molecule has 0 aliphatic carbocycles. The number of rotatable bonds is 13. The number of ether oxygens (including phenoxy) is 9. The first-order valence-electron chi connectivity index (χ1n) is 14.3. The molecule has 13 nitrogen and oxygen atoms in total. The van der Waals surface area contributed by atoms with E-state index in [2.05, 4.69) is 9.47 Å². The number of esters is 4. The van der Waals surface area contributed by atoms with Gasteiger partial charge in [-0.2, -0.15) is 0 Å². The lowest BCUT2D eigenvalue weighted by Crippen LogP contribution is -2.12. The van der Waals surface area contributed by atoms with Gasteiger partial charge in [-0.15, -0.1) is 0 Å². The van der Waals surface area contributed by atoms with Crippen LogP contribution < -0.4 is 0 Å². The van der Waals surface area contributed by atoms with Gasteiger partial charge in [-0.25, -0.2) is 0 Å². The highest BCUT2D eigenvalue weighted by molar-refractivity contribution is 5.66. The standard InChI is InChI=1S/C13H20O5.C10H18O4.C8H12O4/c1-12(14)17-10-5-3-4-8-16-9-6-7-11-18-13(2)15;1-2-4-12-6-8-14-10-9-13-7-5-11-3-1;1-7(9)11-5-3-4-6-12-8(2)10/h3,5-7H,4,8-11H2,1-2H3;1-2H,3-10H2;3-4H,5-6H2,1-2H3/b;;4-3-. The van der Waals surface area contributed by atoms with Crippen molar-refractivity contribution in [1.82, 2.24) is 0 Å². The molecule has 1 aliphatic rings. The van der Waals surface area contributed by atoms with Gasteiger partial charge in [0.2, 0.25) is 0 Å². The molecule has 0 saturated carbocycles. The van der Waals surface area contributed by atoms with Gasteiger partial charge in [-0.3, -0.25) is 19.2 Å². The zero-order valence-electron chi connectivity index (χ0n) is 26.5. The second kappa shape index (κ2) is 35.8. The van der Waals surface area contributed by atoms with E-state index in [1.807, 2.05) is 18.2 Å². The summed E-state index contributed by atoms with van der Waals surface area (Å²) in [7, 11) is 0. The van der Waals surface area contributed by atoms with Gasteiger partial charge in [0.25, 0.3) is 0 Å². The van der Waals surface area contributed by atoms with Crippen molar-refractivity contribution in [2.45, 2.75) is 34.1 Å². The molecule has 1 aliphatic heterocycles. The smallest absolute Gasteiger partial charge is 0.302 e. The third-order valence-corrected chi connectivity index (χ3v) is 4.39. The first-order valence-corrected chi connectivity index (χ1v) is 14.3. The summed E-state index contributed by atoms with van der Waals surface area (Å²) in [4.78, 5) is 41.3. The fourth-order valence-electron chi connectivity index (χ4n) is 2.42. The van der Waals surface area contributed by atoms with E-state index >= 15 is 0 Å². The molecule has 0 bridgehead atoms. The lowest BCUT2D eigenvalue weighted by molar-refractivity contribution is -0.141. The SMILES string of the molecule is C1=CCOCCOCCOCCOC1.CC(=O)OC/C=C\COC(C)=O.CC(=O)OCC=CCCOCC=CCOC(C)=O. The van der Waals surface area contributed by atoms with Crippen molar-refractivity contribution in [1.29, 1.82) is 0 Å². The zero-order chi connectivity index (χ0) is 32.9. The summed E-state index contributed by atoms with van der Waals surface area (Å²) in [5.74, 6) is -1.23. The highest BCUT2D eigenvalue weighted by Gasteiger charge is 1.93. The van der Waals surface area contributed by atoms with Crippen LogP contribution in [0.5, 0.6) is 0 Å². The highest BCUT2D eigenvalue weighted by atomic mass is 16.6. The Morgan fingerprint density at radius 1 is 0.500 bits per heavy atom. The van der Waals surface area contributed by atoms with Gasteiger partial charge in [-0.1, -0.05) is 30.4 Å². The molecule has 0 aromatic rings. The minimum absolute atomic E-state index is 0.219. The molecule has 0 spiro atoms. The van der Waals surface area contributed by atoms with Crippen LogP contribution in [0.4, 0.5) is 0 Å². The Hall–Kier alpha value is -3.36. The van der Waals surface area contributed by atoms with E-state index in [-0.39, 0.29) is 43.7 Å². The Kier molecular flexibility index (Phi) is 34.8. The topological polar surface area (TPSA) is 151 Å². The van der Waals surface area contributed by atoms with Crippen molar-refractivity contribution in [3.8, 4) is 0 Å². The molecule has 0 aromatic carbocycles. The molecule has 0 radical (unpaired) electrons. The van der Waals surface area contributed by atoms with E-state index in [0.717, 1.165) is 6.42 Å². The maximum atomic E-state index is 10.4. The Morgan fingerprint density at radius 2 is 0.818 bits per heavy atom. The van der Waals surface area contributed by atoms with E-state index in [0.29, 0.717) is 72.7 Å². The third kappa shape index (κ3) is 45.6. The summed E-state index contributed by atoms with van der Waals surface area (Å²) in [6.07, 6.45) is 15.1. The van der Waals surface area contributed by atoms with E-state index in [1.165, 1.54) is 27.7 Å². The second-order valence-corrected chi connectivity index (χ2v) is 8.33. The van der Waals surface area contributed by atoms with Crippen molar-refractivity contribution < 1.29 is 61.8 Å². The maximum Gasteiger partial charge on any atom is 0.302 e. The molecule has 1 heterocycles. The molecule has 0 fully saturated rings. The van der Waals surface area contributed by atoms with Crippen molar-refractivity contribution in [2.75, 3.05) is 92.5 Å². The van der Waals surface area contributed by atoms with E-state index in [1.54, 1.807) is 30.4 Å². The molecule has 13 heteroatoms. The van der Waals surface area contributed by atoms with Crippen LogP contribution in [0.15, 0.2) is 48.6 Å². The second-order valence-electron chi connectivity index (χ2n) is 8.33. The van der Waals surface area contributed by atoms with E-state index < -0.39 is 0 Å². The van der Waals surface area contributed by atoms with Gasteiger partial charge in [-0.05, 0) is 24.6 Å². The fraction of sp³-hybridized carbons (Fsp3) is 0.613. The first kappa shape index (κ1) is 42.8. The Balaban J connectivity index is 0. The fourth-order valence-corrected chi connectivity index (χ4v) is 2.42. The first-order chi connectivity index (χ1) is 21.3. The number of carbonyl (C=O) groups excluding carboxylic acids is 4. The quantitative estimate of drug-likeness (QED) is 0.127. The molecule has 0 aromatic heterocycles.